The largest absolute Gasteiger partial charge is 0.101 e. The molecule has 1 aromatic carbocycles. The molecule has 0 spiro atoms. The summed E-state index contributed by atoms with van der Waals surface area (Å²) in [5.74, 6) is 5.86. The van der Waals surface area contributed by atoms with Crippen LogP contribution < -0.4 is 0 Å². The zero-order valence-corrected chi connectivity index (χ0v) is 9.16. The van der Waals surface area contributed by atoms with Gasteiger partial charge in [0.25, 0.3) is 0 Å². The van der Waals surface area contributed by atoms with E-state index in [-0.39, 0.29) is 0 Å². The number of hydrogen-bond acceptors (Lipinski definition) is 0. The lowest BCUT2D eigenvalue weighted by Crippen LogP contribution is -1.78. The highest BCUT2D eigenvalue weighted by molar-refractivity contribution is 9.11. The van der Waals surface area contributed by atoms with Crippen LogP contribution in [0.4, 0.5) is 0 Å². The summed E-state index contributed by atoms with van der Waals surface area (Å²) in [6, 6.07) is 5.92. The third-order valence-electron chi connectivity index (χ3n) is 1.21. The summed E-state index contributed by atoms with van der Waals surface area (Å²) in [7, 11) is 0. The van der Waals surface area contributed by atoms with Crippen LogP contribution in [0.1, 0.15) is 12.5 Å². The zero-order chi connectivity index (χ0) is 8.27. The predicted molar refractivity (Wildman–Crippen MR) is 54.4 cm³/mol. The van der Waals surface area contributed by atoms with Crippen LogP contribution in [0.2, 0.25) is 0 Å². The van der Waals surface area contributed by atoms with E-state index in [1.54, 1.807) is 0 Å². The molecule has 0 fully saturated rings. The van der Waals surface area contributed by atoms with Crippen molar-refractivity contribution in [2.75, 3.05) is 0 Å². The molecule has 1 rings (SSSR count). The van der Waals surface area contributed by atoms with Crippen LogP contribution >= 0.6 is 31.9 Å². The molecular weight excluding hydrogens is 268 g/mol. The van der Waals surface area contributed by atoms with Gasteiger partial charge in [-0.05, 0) is 50.9 Å². The van der Waals surface area contributed by atoms with Crippen LogP contribution in [-0.2, 0) is 0 Å². The molecule has 2 heteroatoms. The number of benzene rings is 1. The molecule has 1 aromatic rings. The van der Waals surface area contributed by atoms with Gasteiger partial charge in [-0.1, -0.05) is 12.0 Å². The lowest BCUT2D eigenvalue weighted by atomic mass is 10.2. The van der Waals surface area contributed by atoms with E-state index in [1.807, 2.05) is 25.1 Å². The van der Waals surface area contributed by atoms with Crippen molar-refractivity contribution in [1.29, 1.82) is 0 Å². The van der Waals surface area contributed by atoms with E-state index in [0.29, 0.717) is 0 Å². The first-order valence-corrected chi connectivity index (χ1v) is 4.71. The van der Waals surface area contributed by atoms with Crippen molar-refractivity contribution in [3.8, 4) is 11.8 Å². The Labute approximate surface area is 83.3 Å². The van der Waals surface area contributed by atoms with Crippen molar-refractivity contribution in [3.05, 3.63) is 32.7 Å². The molecule has 0 unspecified atom stereocenters. The van der Waals surface area contributed by atoms with Gasteiger partial charge >= 0.3 is 0 Å². The summed E-state index contributed by atoms with van der Waals surface area (Å²) >= 11 is 6.83. The molecule has 0 saturated heterocycles. The molecular formula is C9H6Br2. The first kappa shape index (κ1) is 8.83. The molecule has 0 amide bonds. The minimum absolute atomic E-state index is 1.01. The summed E-state index contributed by atoms with van der Waals surface area (Å²) in [6.07, 6.45) is 0. The number of halogens is 2. The molecule has 0 aromatic heterocycles. The van der Waals surface area contributed by atoms with Gasteiger partial charge in [0.2, 0.25) is 0 Å². The number of rotatable bonds is 0. The number of hydrogen-bond donors (Lipinski definition) is 0. The molecule has 0 aliphatic carbocycles. The zero-order valence-electron chi connectivity index (χ0n) is 5.99. The van der Waals surface area contributed by atoms with E-state index >= 15 is 0 Å². The van der Waals surface area contributed by atoms with Gasteiger partial charge in [0, 0.05) is 8.95 Å². The Morgan fingerprint density at radius 1 is 1.18 bits per heavy atom. The molecule has 0 saturated carbocycles. The second-order valence-electron chi connectivity index (χ2n) is 1.97. The Balaban J connectivity index is 3.28. The van der Waals surface area contributed by atoms with Gasteiger partial charge in [-0.15, -0.1) is 5.92 Å². The molecule has 0 nitrogen and oxygen atoms in total. The third kappa shape index (κ3) is 2.08. The smallest absolute Gasteiger partial charge is 0.0529 e. The van der Waals surface area contributed by atoms with Crippen LogP contribution in [0.3, 0.4) is 0 Å². The highest BCUT2D eigenvalue weighted by Gasteiger charge is 1.98. The van der Waals surface area contributed by atoms with E-state index < -0.39 is 0 Å². The van der Waals surface area contributed by atoms with Crippen molar-refractivity contribution >= 4 is 31.9 Å². The average Bonchev–Trinajstić information content (AvgIpc) is 1.97. The van der Waals surface area contributed by atoms with Crippen LogP contribution in [0.25, 0.3) is 0 Å². The van der Waals surface area contributed by atoms with Crippen molar-refractivity contribution in [3.63, 3.8) is 0 Å². The van der Waals surface area contributed by atoms with Gasteiger partial charge in [-0.25, -0.2) is 0 Å². The lowest BCUT2D eigenvalue weighted by molar-refractivity contribution is 1.54. The maximum absolute atomic E-state index is 3.42. The fourth-order valence-electron chi connectivity index (χ4n) is 0.742. The Bertz CT molecular complexity index is 298. The van der Waals surface area contributed by atoms with E-state index in [0.717, 1.165) is 14.5 Å². The van der Waals surface area contributed by atoms with E-state index in [9.17, 15) is 0 Å². The maximum atomic E-state index is 3.42. The second kappa shape index (κ2) is 3.94. The molecule has 0 radical (unpaired) electrons. The van der Waals surface area contributed by atoms with Crippen LogP contribution in [0, 0.1) is 11.8 Å². The van der Waals surface area contributed by atoms with Gasteiger partial charge in [-0.3, -0.25) is 0 Å². The predicted octanol–water partition coefficient (Wildman–Crippen LogP) is 3.58. The molecule has 11 heavy (non-hydrogen) atoms. The van der Waals surface area contributed by atoms with Crippen molar-refractivity contribution in [2.24, 2.45) is 0 Å². The molecule has 56 valence electrons. The van der Waals surface area contributed by atoms with Crippen molar-refractivity contribution < 1.29 is 0 Å². The minimum atomic E-state index is 1.01. The fraction of sp³-hybridized carbons (Fsp3) is 0.111. The maximum Gasteiger partial charge on any atom is 0.0529 e. The Morgan fingerprint density at radius 2 is 1.73 bits per heavy atom. The Kier molecular flexibility index (Phi) is 3.16. The summed E-state index contributed by atoms with van der Waals surface area (Å²) in [5, 5.41) is 0. The van der Waals surface area contributed by atoms with Crippen LogP contribution in [-0.4, -0.2) is 0 Å². The van der Waals surface area contributed by atoms with Crippen LogP contribution in [0.15, 0.2) is 27.1 Å². The monoisotopic (exact) mass is 272 g/mol. The van der Waals surface area contributed by atoms with Crippen LogP contribution in [0.5, 0.6) is 0 Å². The Hall–Kier alpha value is -0.260. The molecule has 0 N–H and O–H groups in total. The SMILES string of the molecule is CC#Cc1c(Br)cccc1Br. The van der Waals surface area contributed by atoms with Crippen molar-refractivity contribution in [1.82, 2.24) is 0 Å². The van der Waals surface area contributed by atoms with E-state index in [1.165, 1.54) is 0 Å². The first-order valence-electron chi connectivity index (χ1n) is 3.12. The molecule has 0 bridgehead atoms. The highest BCUT2D eigenvalue weighted by Crippen LogP contribution is 2.23. The van der Waals surface area contributed by atoms with Gasteiger partial charge in [0.1, 0.15) is 0 Å². The molecule has 0 aliphatic heterocycles. The third-order valence-corrected chi connectivity index (χ3v) is 2.53. The molecule has 0 heterocycles. The van der Waals surface area contributed by atoms with E-state index in [4.69, 9.17) is 0 Å². The second-order valence-corrected chi connectivity index (χ2v) is 3.68. The van der Waals surface area contributed by atoms with Gasteiger partial charge in [0.15, 0.2) is 0 Å². The Morgan fingerprint density at radius 3 is 2.18 bits per heavy atom. The lowest BCUT2D eigenvalue weighted by Gasteiger charge is -1.97. The molecule has 0 aliphatic rings. The van der Waals surface area contributed by atoms with E-state index in [2.05, 4.69) is 43.7 Å². The van der Waals surface area contributed by atoms with Gasteiger partial charge < -0.3 is 0 Å². The summed E-state index contributed by atoms with van der Waals surface area (Å²) in [5.41, 5.74) is 1.01. The topological polar surface area (TPSA) is 0 Å². The normalized spacial score (nSPS) is 8.64. The quantitative estimate of drug-likeness (QED) is 0.634. The standard InChI is InChI=1S/C9H6Br2/c1-2-4-7-8(10)5-3-6-9(7)11/h3,5-6H,1H3. The average molecular weight is 274 g/mol. The minimum Gasteiger partial charge on any atom is -0.101 e. The summed E-state index contributed by atoms with van der Waals surface area (Å²) in [4.78, 5) is 0. The molecule has 0 atom stereocenters. The fourth-order valence-corrected chi connectivity index (χ4v) is 1.94. The van der Waals surface area contributed by atoms with Gasteiger partial charge in [0.05, 0.1) is 5.56 Å². The summed E-state index contributed by atoms with van der Waals surface area (Å²) < 4.78 is 2.06. The van der Waals surface area contributed by atoms with Crippen molar-refractivity contribution in [2.45, 2.75) is 6.92 Å². The van der Waals surface area contributed by atoms with Gasteiger partial charge in [-0.2, -0.15) is 0 Å². The highest BCUT2D eigenvalue weighted by atomic mass is 79.9. The first-order chi connectivity index (χ1) is 5.25. The summed E-state index contributed by atoms with van der Waals surface area (Å²) in [6.45, 7) is 1.83.